The lowest BCUT2D eigenvalue weighted by atomic mass is 9.97. The fourth-order valence-corrected chi connectivity index (χ4v) is 4.81. The molecule has 0 spiro atoms. The SMILES string of the molecule is CCOC(=O)[C@H]1CCCCN1CC(=O)N1N=C(c2ccccc2)C[C@@H]1c1ccc(OC)cc1OC. The summed E-state index contributed by atoms with van der Waals surface area (Å²) < 4.78 is 16.3. The Hall–Kier alpha value is -3.39. The number of nitrogens with zero attached hydrogens (tertiary/aromatic N) is 3. The molecule has 4 rings (SSSR count). The highest BCUT2D eigenvalue weighted by atomic mass is 16.5. The zero-order valence-corrected chi connectivity index (χ0v) is 20.6. The van der Waals surface area contributed by atoms with Crippen LogP contribution in [-0.4, -0.2) is 67.5 Å². The summed E-state index contributed by atoms with van der Waals surface area (Å²) in [6.45, 7) is 2.90. The van der Waals surface area contributed by atoms with Crippen LogP contribution in [0.5, 0.6) is 11.5 Å². The van der Waals surface area contributed by atoms with E-state index in [4.69, 9.17) is 19.3 Å². The van der Waals surface area contributed by atoms with Crippen molar-refractivity contribution >= 4 is 17.6 Å². The second-order valence-corrected chi connectivity index (χ2v) is 8.71. The summed E-state index contributed by atoms with van der Waals surface area (Å²) in [7, 11) is 3.21. The highest BCUT2D eigenvalue weighted by Gasteiger charge is 2.38. The van der Waals surface area contributed by atoms with E-state index in [1.807, 2.05) is 53.4 Å². The Labute approximate surface area is 206 Å². The van der Waals surface area contributed by atoms with Crippen molar-refractivity contribution in [2.24, 2.45) is 5.10 Å². The molecule has 1 amide bonds. The third kappa shape index (κ3) is 5.48. The minimum atomic E-state index is -0.401. The second-order valence-electron chi connectivity index (χ2n) is 8.71. The Morgan fingerprint density at radius 3 is 2.57 bits per heavy atom. The summed E-state index contributed by atoms with van der Waals surface area (Å²) in [5.74, 6) is 0.897. The maximum Gasteiger partial charge on any atom is 0.323 e. The molecule has 0 N–H and O–H groups in total. The molecule has 1 saturated heterocycles. The first-order valence-electron chi connectivity index (χ1n) is 12.1. The number of likely N-dealkylation sites (tertiary alicyclic amines) is 1. The van der Waals surface area contributed by atoms with Crippen LogP contribution in [0.15, 0.2) is 53.6 Å². The smallest absolute Gasteiger partial charge is 0.323 e. The van der Waals surface area contributed by atoms with Crippen molar-refractivity contribution in [1.29, 1.82) is 0 Å². The number of benzene rings is 2. The average molecular weight is 480 g/mol. The van der Waals surface area contributed by atoms with E-state index in [9.17, 15) is 9.59 Å². The van der Waals surface area contributed by atoms with Gasteiger partial charge in [-0.25, -0.2) is 5.01 Å². The van der Waals surface area contributed by atoms with Crippen LogP contribution < -0.4 is 9.47 Å². The Balaban J connectivity index is 1.63. The number of amides is 1. The van der Waals surface area contributed by atoms with E-state index in [2.05, 4.69) is 0 Å². The largest absolute Gasteiger partial charge is 0.497 e. The second kappa shape index (κ2) is 11.4. The topological polar surface area (TPSA) is 80.7 Å². The molecule has 2 atom stereocenters. The molecule has 0 aliphatic carbocycles. The Bertz CT molecular complexity index is 1070. The van der Waals surface area contributed by atoms with E-state index in [1.54, 1.807) is 26.2 Å². The first kappa shape index (κ1) is 24.7. The van der Waals surface area contributed by atoms with Crippen LogP contribution in [0.4, 0.5) is 0 Å². The third-order valence-electron chi connectivity index (χ3n) is 6.58. The highest BCUT2D eigenvalue weighted by Crippen LogP contribution is 2.39. The van der Waals surface area contributed by atoms with Gasteiger partial charge in [-0.05, 0) is 44.0 Å². The van der Waals surface area contributed by atoms with E-state index in [-0.39, 0.29) is 24.5 Å². The summed E-state index contributed by atoms with van der Waals surface area (Å²) in [4.78, 5) is 28.1. The maximum atomic E-state index is 13.7. The van der Waals surface area contributed by atoms with Gasteiger partial charge in [0.05, 0.1) is 39.1 Å². The fraction of sp³-hybridized carbons (Fsp3) is 0.444. The van der Waals surface area contributed by atoms with Crippen molar-refractivity contribution < 1.29 is 23.8 Å². The average Bonchev–Trinajstić information content (AvgIpc) is 3.35. The van der Waals surface area contributed by atoms with Crippen LogP contribution in [0.3, 0.4) is 0 Å². The predicted molar refractivity (Wildman–Crippen MR) is 133 cm³/mol. The van der Waals surface area contributed by atoms with Gasteiger partial charge >= 0.3 is 5.97 Å². The monoisotopic (exact) mass is 479 g/mol. The molecular weight excluding hydrogens is 446 g/mol. The number of carbonyl (C=O) groups excluding carboxylic acids is 2. The molecule has 0 aromatic heterocycles. The molecule has 35 heavy (non-hydrogen) atoms. The number of hydrogen-bond acceptors (Lipinski definition) is 7. The number of hydrogen-bond donors (Lipinski definition) is 0. The number of carbonyl (C=O) groups is 2. The van der Waals surface area contributed by atoms with Crippen LogP contribution >= 0.6 is 0 Å². The molecule has 2 heterocycles. The minimum absolute atomic E-state index is 0.101. The van der Waals surface area contributed by atoms with Gasteiger partial charge in [-0.15, -0.1) is 0 Å². The van der Waals surface area contributed by atoms with Gasteiger partial charge in [-0.1, -0.05) is 36.8 Å². The van der Waals surface area contributed by atoms with Gasteiger partial charge in [0, 0.05) is 18.1 Å². The minimum Gasteiger partial charge on any atom is -0.497 e. The molecular formula is C27H33N3O5. The zero-order chi connectivity index (χ0) is 24.8. The molecule has 8 heteroatoms. The summed E-state index contributed by atoms with van der Waals surface area (Å²) in [5.41, 5.74) is 2.67. The molecule has 2 aromatic carbocycles. The van der Waals surface area contributed by atoms with E-state index >= 15 is 0 Å². The van der Waals surface area contributed by atoms with Crippen molar-refractivity contribution in [2.75, 3.05) is 33.9 Å². The quantitative estimate of drug-likeness (QED) is 0.536. The predicted octanol–water partition coefficient (Wildman–Crippen LogP) is 3.80. The van der Waals surface area contributed by atoms with E-state index in [0.29, 0.717) is 37.5 Å². The lowest BCUT2D eigenvalue weighted by molar-refractivity contribution is -0.152. The van der Waals surface area contributed by atoms with Gasteiger partial charge in [-0.2, -0.15) is 5.10 Å². The number of piperidine rings is 1. The van der Waals surface area contributed by atoms with E-state index < -0.39 is 6.04 Å². The number of methoxy groups -OCH3 is 2. The number of esters is 1. The summed E-state index contributed by atoms with van der Waals surface area (Å²) in [6.07, 6.45) is 3.14. The van der Waals surface area contributed by atoms with Crippen molar-refractivity contribution in [2.45, 2.75) is 44.7 Å². The Morgan fingerprint density at radius 1 is 1.06 bits per heavy atom. The highest BCUT2D eigenvalue weighted by molar-refractivity contribution is 6.03. The molecule has 2 aliphatic rings. The zero-order valence-electron chi connectivity index (χ0n) is 20.6. The van der Waals surface area contributed by atoms with Gasteiger partial charge in [0.15, 0.2) is 0 Å². The van der Waals surface area contributed by atoms with Crippen molar-refractivity contribution in [3.05, 3.63) is 59.7 Å². The van der Waals surface area contributed by atoms with Crippen molar-refractivity contribution in [3.8, 4) is 11.5 Å². The Morgan fingerprint density at radius 2 is 1.86 bits per heavy atom. The van der Waals surface area contributed by atoms with Crippen molar-refractivity contribution in [1.82, 2.24) is 9.91 Å². The van der Waals surface area contributed by atoms with Gasteiger partial charge in [0.25, 0.3) is 5.91 Å². The lowest BCUT2D eigenvalue weighted by Gasteiger charge is -2.34. The number of ether oxygens (including phenoxy) is 3. The van der Waals surface area contributed by atoms with Gasteiger partial charge < -0.3 is 14.2 Å². The van der Waals surface area contributed by atoms with Crippen LogP contribution in [0.25, 0.3) is 0 Å². The maximum absolute atomic E-state index is 13.7. The van der Waals surface area contributed by atoms with Gasteiger partial charge in [-0.3, -0.25) is 14.5 Å². The lowest BCUT2D eigenvalue weighted by Crippen LogP contribution is -2.49. The molecule has 2 aliphatic heterocycles. The van der Waals surface area contributed by atoms with Crippen molar-refractivity contribution in [3.63, 3.8) is 0 Å². The summed E-state index contributed by atoms with van der Waals surface area (Å²) in [5, 5.41) is 6.34. The van der Waals surface area contributed by atoms with Crippen LogP contribution in [0, 0.1) is 0 Å². The number of hydrazone groups is 1. The first-order valence-corrected chi connectivity index (χ1v) is 12.1. The van der Waals surface area contributed by atoms with Crippen LogP contribution in [0.1, 0.15) is 49.8 Å². The summed E-state index contributed by atoms with van der Waals surface area (Å²) in [6, 6.07) is 14.7. The molecule has 0 radical (unpaired) electrons. The summed E-state index contributed by atoms with van der Waals surface area (Å²) >= 11 is 0. The number of rotatable bonds is 8. The Kier molecular flexibility index (Phi) is 8.02. The van der Waals surface area contributed by atoms with Gasteiger partial charge in [0.1, 0.15) is 17.5 Å². The molecule has 1 fully saturated rings. The fourth-order valence-electron chi connectivity index (χ4n) is 4.81. The van der Waals surface area contributed by atoms with Gasteiger partial charge in [0.2, 0.25) is 0 Å². The third-order valence-corrected chi connectivity index (χ3v) is 6.58. The standard InChI is InChI=1S/C27H33N3O5/c1-4-35-27(32)23-12-8-9-15-29(23)18-26(31)30-24(17-22(28-30)19-10-6-5-7-11-19)21-14-13-20(33-2)16-25(21)34-3/h5-7,10-11,13-14,16,23-24H,4,8-9,12,15,17-18H2,1-3H3/t23-,24-/m1/s1. The molecule has 2 aromatic rings. The molecule has 8 nitrogen and oxygen atoms in total. The normalized spacial score (nSPS) is 20.3. The molecule has 0 unspecified atom stereocenters. The molecule has 186 valence electrons. The molecule has 0 saturated carbocycles. The van der Waals surface area contributed by atoms with Crippen LogP contribution in [-0.2, 0) is 14.3 Å². The van der Waals surface area contributed by atoms with Crippen LogP contribution in [0.2, 0.25) is 0 Å². The van der Waals surface area contributed by atoms with E-state index in [1.165, 1.54) is 0 Å². The molecule has 0 bridgehead atoms. The van der Waals surface area contributed by atoms with E-state index in [0.717, 1.165) is 29.7 Å². The first-order chi connectivity index (χ1) is 17.0.